The summed E-state index contributed by atoms with van der Waals surface area (Å²) in [4.78, 5) is 4.90. The smallest absolute Gasteiger partial charge is 0.0892 e. The van der Waals surface area contributed by atoms with Crippen molar-refractivity contribution in [3.05, 3.63) is 137 Å². The summed E-state index contributed by atoms with van der Waals surface area (Å²) in [7, 11) is 0. The molecule has 0 spiro atoms. The van der Waals surface area contributed by atoms with Crippen molar-refractivity contribution in [1.82, 2.24) is 4.98 Å². The third-order valence-electron chi connectivity index (χ3n) is 6.24. The Morgan fingerprint density at radius 2 is 1.43 bits per heavy atom. The minimum absolute atomic E-state index is 0.529. The number of hydrogen-bond donors (Lipinski definition) is 0. The second-order valence-corrected chi connectivity index (χ2v) is 8.17. The Morgan fingerprint density at radius 1 is 0.667 bits per heavy atom. The minimum atomic E-state index is -0.529. The maximum atomic E-state index is 6.57. The van der Waals surface area contributed by atoms with Gasteiger partial charge in [-0.25, -0.2) is 0 Å². The number of pyridine rings is 1. The molecule has 0 bridgehead atoms. The van der Waals surface area contributed by atoms with Crippen LogP contribution in [0.15, 0.2) is 109 Å². The first-order valence-electron chi connectivity index (χ1n) is 10.1. The zero-order chi connectivity index (χ0) is 20.1. The van der Waals surface area contributed by atoms with Crippen molar-refractivity contribution in [2.45, 2.75) is 5.41 Å². The summed E-state index contributed by atoms with van der Waals surface area (Å²) in [5.41, 5.74) is 6.61. The molecule has 5 aromatic rings. The molecule has 1 heterocycles. The average molecular weight is 404 g/mol. The van der Waals surface area contributed by atoms with E-state index in [1.165, 1.54) is 38.6 Å². The van der Waals surface area contributed by atoms with E-state index < -0.39 is 5.41 Å². The van der Waals surface area contributed by atoms with Gasteiger partial charge in [-0.05, 0) is 62.9 Å². The van der Waals surface area contributed by atoms with Gasteiger partial charge >= 0.3 is 0 Å². The minimum Gasteiger partial charge on any atom is -0.260 e. The average Bonchev–Trinajstić information content (AvgIpc) is 3.11. The number of rotatable bonds is 2. The topological polar surface area (TPSA) is 12.9 Å². The van der Waals surface area contributed by atoms with Gasteiger partial charge in [0.15, 0.2) is 0 Å². The summed E-state index contributed by atoms with van der Waals surface area (Å²) in [6.45, 7) is 0. The van der Waals surface area contributed by atoms with Crippen LogP contribution in [0, 0.1) is 0 Å². The van der Waals surface area contributed by atoms with Gasteiger partial charge in [0.2, 0.25) is 0 Å². The van der Waals surface area contributed by atoms with E-state index in [0.717, 1.165) is 10.7 Å². The van der Waals surface area contributed by atoms with Crippen LogP contribution in [0.1, 0.15) is 22.4 Å². The highest BCUT2D eigenvalue weighted by atomic mass is 35.5. The van der Waals surface area contributed by atoms with Gasteiger partial charge in [0.25, 0.3) is 0 Å². The van der Waals surface area contributed by atoms with Crippen LogP contribution in [0.25, 0.3) is 21.9 Å². The molecule has 2 heteroatoms. The molecule has 0 amide bonds. The van der Waals surface area contributed by atoms with Gasteiger partial charge in [-0.1, -0.05) is 90.5 Å². The lowest BCUT2D eigenvalue weighted by atomic mass is 9.68. The Morgan fingerprint density at radius 3 is 2.27 bits per heavy atom. The van der Waals surface area contributed by atoms with Crippen molar-refractivity contribution < 1.29 is 0 Å². The molecule has 6 rings (SSSR count). The fraction of sp³-hybridized carbons (Fsp3) is 0.0357. The molecule has 0 aliphatic heterocycles. The molecule has 1 aromatic heterocycles. The van der Waals surface area contributed by atoms with Crippen molar-refractivity contribution >= 4 is 22.4 Å². The number of fused-ring (bicyclic) bond motifs is 5. The van der Waals surface area contributed by atoms with Crippen molar-refractivity contribution in [2.75, 3.05) is 0 Å². The largest absolute Gasteiger partial charge is 0.260 e. The number of nitrogens with zero attached hydrogens (tertiary/aromatic N) is 1. The summed E-state index contributed by atoms with van der Waals surface area (Å²) in [6.07, 6.45) is 1.88. The second kappa shape index (κ2) is 6.55. The fourth-order valence-corrected chi connectivity index (χ4v) is 5.25. The van der Waals surface area contributed by atoms with Crippen LogP contribution in [0.2, 0.25) is 5.02 Å². The Balaban J connectivity index is 1.89. The van der Waals surface area contributed by atoms with Gasteiger partial charge in [0, 0.05) is 11.2 Å². The first-order valence-corrected chi connectivity index (χ1v) is 10.5. The highest BCUT2D eigenvalue weighted by Crippen LogP contribution is 2.57. The molecule has 30 heavy (non-hydrogen) atoms. The van der Waals surface area contributed by atoms with E-state index in [2.05, 4.69) is 91.0 Å². The van der Waals surface area contributed by atoms with Crippen LogP contribution in [-0.2, 0) is 5.41 Å². The predicted molar refractivity (Wildman–Crippen MR) is 124 cm³/mol. The van der Waals surface area contributed by atoms with Crippen LogP contribution < -0.4 is 0 Å². The van der Waals surface area contributed by atoms with Gasteiger partial charge in [0.1, 0.15) is 0 Å². The zero-order valence-corrected chi connectivity index (χ0v) is 17.0. The zero-order valence-electron chi connectivity index (χ0n) is 16.2. The van der Waals surface area contributed by atoms with Crippen molar-refractivity contribution in [1.29, 1.82) is 0 Å². The molecular formula is C28H18ClN. The molecule has 142 valence electrons. The standard InChI is InChI=1S/C28H18ClN/c29-21-14-16-23-24-15-13-19-8-4-5-11-22(19)27(24)28(25(23)18-21,20-9-2-1-3-10-20)26-12-6-7-17-30-26/h1-18H. The molecule has 1 aliphatic rings. The summed E-state index contributed by atoms with van der Waals surface area (Å²) < 4.78 is 0. The molecule has 0 fully saturated rings. The van der Waals surface area contributed by atoms with Crippen LogP contribution in [0.4, 0.5) is 0 Å². The third-order valence-corrected chi connectivity index (χ3v) is 6.47. The van der Waals surface area contributed by atoms with Crippen LogP contribution in [0.3, 0.4) is 0 Å². The van der Waals surface area contributed by atoms with Gasteiger partial charge < -0.3 is 0 Å². The Bertz CT molecular complexity index is 1350. The van der Waals surface area contributed by atoms with E-state index >= 15 is 0 Å². The van der Waals surface area contributed by atoms with E-state index in [-0.39, 0.29) is 0 Å². The van der Waals surface area contributed by atoms with E-state index in [1.54, 1.807) is 0 Å². The molecule has 4 aromatic carbocycles. The number of aromatic nitrogens is 1. The lowest BCUT2D eigenvalue weighted by Gasteiger charge is -2.33. The SMILES string of the molecule is Clc1ccc2c(c1)C(c1ccccc1)(c1ccccn1)c1c-2ccc2ccccc12. The highest BCUT2D eigenvalue weighted by Gasteiger charge is 2.48. The Labute approximate surface area is 180 Å². The summed E-state index contributed by atoms with van der Waals surface area (Å²) >= 11 is 6.57. The Hall–Kier alpha value is -3.42. The van der Waals surface area contributed by atoms with Gasteiger partial charge in [-0.2, -0.15) is 0 Å². The number of hydrogen-bond acceptors (Lipinski definition) is 1. The van der Waals surface area contributed by atoms with Gasteiger partial charge in [0.05, 0.1) is 11.1 Å². The number of benzene rings is 4. The molecule has 0 saturated carbocycles. The summed E-state index contributed by atoms with van der Waals surface area (Å²) in [5, 5.41) is 3.21. The van der Waals surface area contributed by atoms with Crippen LogP contribution in [-0.4, -0.2) is 4.98 Å². The van der Waals surface area contributed by atoms with Crippen molar-refractivity contribution in [2.24, 2.45) is 0 Å². The molecule has 0 N–H and O–H groups in total. The van der Waals surface area contributed by atoms with E-state index in [9.17, 15) is 0 Å². The lowest BCUT2D eigenvalue weighted by molar-refractivity contribution is 0.741. The summed E-state index contributed by atoms with van der Waals surface area (Å²) in [6, 6.07) is 36.2. The molecule has 1 aliphatic carbocycles. The first kappa shape index (κ1) is 17.4. The van der Waals surface area contributed by atoms with Gasteiger partial charge in [-0.15, -0.1) is 0 Å². The number of halogens is 1. The van der Waals surface area contributed by atoms with E-state index in [4.69, 9.17) is 16.6 Å². The highest BCUT2D eigenvalue weighted by molar-refractivity contribution is 6.30. The van der Waals surface area contributed by atoms with Crippen molar-refractivity contribution in [3.8, 4) is 11.1 Å². The second-order valence-electron chi connectivity index (χ2n) is 7.73. The predicted octanol–water partition coefficient (Wildman–Crippen LogP) is 7.25. The molecule has 1 atom stereocenters. The normalized spacial score (nSPS) is 17.0. The van der Waals surface area contributed by atoms with Crippen LogP contribution in [0.5, 0.6) is 0 Å². The Kier molecular flexibility index (Phi) is 3.81. The summed E-state index contributed by atoms with van der Waals surface area (Å²) in [5.74, 6) is 0. The molecular weight excluding hydrogens is 386 g/mol. The fourth-order valence-electron chi connectivity index (χ4n) is 5.08. The molecule has 1 nitrogen and oxygen atoms in total. The maximum Gasteiger partial charge on any atom is 0.0892 e. The van der Waals surface area contributed by atoms with Crippen LogP contribution >= 0.6 is 11.6 Å². The molecule has 0 saturated heterocycles. The quantitative estimate of drug-likeness (QED) is 0.296. The van der Waals surface area contributed by atoms with Crippen molar-refractivity contribution in [3.63, 3.8) is 0 Å². The van der Waals surface area contributed by atoms with E-state index in [1.807, 2.05) is 18.3 Å². The molecule has 0 radical (unpaired) electrons. The monoisotopic (exact) mass is 403 g/mol. The maximum absolute atomic E-state index is 6.57. The third kappa shape index (κ3) is 2.27. The molecule has 1 unspecified atom stereocenters. The van der Waals surface area contributed by atoms with Gasteiger partial charge in [-0.3, -0.25) is 4.98 Å². The lowest BCUT2D eigenvalue weighted by Crippen LogP contribution is -2.30. The first-order chi connectivity index (χ1) is 14.8. The van der Waals surface area contributed by atoms with E-state index in [0.29, 0.717) is 0 Å².